The van der Waals surface area contributed by atoms with E-state index in [0.717, 1.165) is 34.4 Å². The minimum atomic E-state index is -0.702. The molecule has 8 heteroatoms. The van der Waals surface area contributed by atoms with Gasteiger partial charge >= 0.3 is 0 Å². The Balaban J connectivity index is 2.15. The number of nitrogens with one attached hydrogen (secondary N) is 1. The predicted octanol–water partition coefficient (Wildman–Crippen LogP) is 2.92. The minimum absolute atomic E-state index is 0.0185. The summed E-state index contributed by atoms with van der Waals surface area (Å²) in [5.41, 5.74) is 23.1. The lowest BCUT2D eigenvalue weighted by molar-refractivity contribution is 0.0995. The summed E-state index contributed by atoms with van der Waals surface area (Å²) in [6.07, 6.45) is 0.762. The number of primary amides is 1. The van der Waals surface area contributed by atoms with Gasteiger partial charge in [0.05, 0.1) is 11.4 Å². The first-order chi connectivity index (χ1) is 15.7. The molecular formula is C25H30N6O2. The van der Waals surface area contributed by atoms with E-state index >= 15 is 0 Å². The van der Waals surface area contributed by atoms with Crippen LogP contribution in [0.3, 0.4) is 0 Å². The van der Waals surface area contributed by atoms with Gasteiger partial charge in [0.1, 0.15) is 11.4 Å². The van der Waals surface area contributed by atoms with Crippen molar-refractivity contribution >= 4 is 17.5 Å². The molecule has 8 nitrogen and oxygen atoms in total. The number of carbonyl (C=O) groups is 2. The molecule has 0 aliphatic rings. The van der Waals surface area contributed by atoms with Crippen LogP contribution < -0.4 is 22.5 Å². The number of benzene rings is 1. The van der Waals surface area contributed by atoms with Crippen molar-refractivity contribution in [2.45, 2.75) is 40.3 Å². The fraction of sp³-hybridized carbons (Fsp3) is 0.280. The molecule has 0 saturated heterocycles. The van der Waals surface area contributed by atoms with Gasteiger partial charge in [0.2, 0.25) is 0 Å². The van der Waals surface area contributed by atoms with Gasteiger partial charge in [0.25, 0.3) is 11.8 Å². The van der Waals surface area contributed by atoms with Gasteiger partial charge in [0, 0.05) is 24.3 Å². The molecule has 0 aliphatic heterocycles. The quantitative estimate of drug-likeness (QED) is 0.418. The molecule has 0 atom stereocenters. The SMILES string of the molecule is Cc1nc(CC(C)C)c(CN)c(-c2ccc(CN)cc2)c1NC(=O)c1cccc(C(N)=O)n1. The largest absolute Gasteiger partial charge is 0.364 e. The highest BCUT2D eigenvalue weighted by Crippen LogP contribution is 2.36. The van der Waals surface area contributed by atoms with Crippen LogP contribution in [0.25, 0.3) is 11.1 Å². The van der Waals surface area contributed by atoms with Crippen LogP contribution in [0.1, 0.15) is 57.3 Å². The highest BCUT2D eigenvalue weighted by molar-refractivity contribution is 6.06. The Kier molecular flexibility index (Phi) is 7.52. The molecule has 2 aromatic heterocycles. The second-order valence-corrected chi connectivity index (χ2v) is 8.30. The number of aromatic nitrogens is 2. The molecule has 3 rings (SSSR count). The smallest absolute Gasteiger partial charge is 0.274 e. The Morgan fingerprint density at radius 1 is 0.970 bits per heavy atom. The van der Waals surface area contributed by atoms with Crippen molar-refractivity contribution in [2.24, 2.45) is 23.1 Å². The lowest BCUT2D eigenvalue weighted by Crippen LogP contribution is -2.20. The molecule has 172 valence electrons. The number of pyridine rings is 2. The van der Waals surface area contributed by atoms with Crippen molar-refractivity contribution in [2.75, 3.05) is 5.32 Å². The fourth-order valence-electron chi connectivity index (χ4n) is 3.73. The number of nitrogens with zero attached hydrogens (tertiary/aromatic N) is 2. The van der Waals surface area contributed by atoms with Crippen LogP contribution >= 0.6 is 0 Å². The van der Waals surface area contributed by atoms with Gasteiger partial charge in [-0.05, 0) is 48.1 Å². The van der Waals surface area contributed by atoms with E-state index in [0.29, 0.717) is 23.8 Å². The third-order valence-electron chi connectivity index (χ3n) is 5.32. The van der Waals surface area contributed by atoms with Gasteiger partial charge < -0.3 is 22.5 Å². The maximum atomic E-state index is 13.1. The van der Waals surface area contributed by atoms with Crippen molar-refractivity contribution in [3.63, 3.8) is 0 Å². The van der Waals surface area contributed by atoms with E-state index in [1.54, 1.807) is 6.07 Å². The Hall–Kier alpha value is -3.62. The Morgan fingerprint density at radius 2 is 1.64 bits per heavy atom. The zero-order valence-electron chi connectivity index (χ0n) is 19.2. The average molecular weight is 447 g/mol. The number of carbonyl (C=O) groups excluding carboxylic acids is 2. The zero-order valence-corrected chi connectivity index (χ0v) is 19.2. The molecule has 0 radical (unpaired) electrons. The minimum Gasteiger partial charge on any atom is -0.364 e. The summed E-state index contributed by atoms with van der Waals surface area (Å²) in [4.78, 5) is 33.4. The van der Waals surface area contributed by atoms with Gasteiger partial charge in [-0.15, -0.1) is 0 Å². The standard InChI is InChI=1S/C25H30N6O2/c1-14(2)11-21-18(13-27)22(17-9-7-16(12-26)8-10-17)23(15(3)29-21)31-25(33)20-6-4-5-19(30-20)24(28)32/h4-10,14H,11-13,26-27H2,1-3H3,(H2,28,32)(H,31,33). The molecule has 0 spiro atoms. The van der Waals surface area contributed by atoms with Crippen LogP contribution in [0.4, 0.5) is 5.69 Å². The van der Waals surface area contributed by atoms with E-state index in [-0.39, 0.29) is 17.9 Å². The molecular weight excluding hydrogens is 416 g/mol. The molecule has 0 fully saturated rings. The van der Waals surface area contributed by atoms with Gasteiger partial charge in [-0.3, -0.25) is 14.6 Å². The van der Waals surface area contributed by atoms with E-state index in [2.05, 4.69) is 24.1 Å². The highest BCUT2D eigenvalue weighted by atomic mass is 16.2. The molecule has 3 aromatic rings. The van der Waals surface area contributed by atoms with E-state index in [4.69, 9.17) is 22.2 Å². The second kappa shape index (κ2) is 10.3. The average Bonchev–Trinajstić information content (AvgIpc) is 2.80. The first-order valence-corrected chi connectivity index (χ1v) is 10.8. The van der Waals surface area contributed by atoms with Crippen LogP contribution in [0.15, 0.2) is 42.5 Å². The first kappa shape index (κ1) is 24.0. The zero-order chi connectivity index (χ0) is 24.1. The van der Waals surface area contributed by atoms with Crippen LogP contribution in [0, 0.1) is 12.8 Å². The maximum absolute atomic E-state index is 13.1. The van der Waals surface area contributed by atoms with Crippen LogP contribution in [0.2, 0.25) is 0 Å². The van der Waals surface area contributed by atoms with Crippen molar-refractivity contribution in [3.05, 3.63) is 76.4 Å². The van der Waals surface area contributed by atoms with Crippen molar-refractivity contribution in [1.82, 2.24) is 9.97 Å². The lowest BCUT2D eigenvalue weighted by Gasteiger charge is -2.21. The first-order valence-electron chi connectivity index (χ1n) is 10.8. The molecule has 1 aromatic carbocycles. The van der Waals surface area contributed by atoms with Gasteiger partial charge in [-0.25, -0.2) is 4.98 Å². The summed E-state index contributed by atoms with van der Waals surface area (Å²) in [5.74, 6) is -0.787. The fourth-order valence-corrected chi connectivity index (χ4v) is 3.73. The molecule has 2 amide bonds. The third-order valence-corrected chi connectivity index (χ3v) is 5.32. The summed E-state index contributed by atoms with van der Waals surface area (Å²) in [7, 11) is 0. The number of aryl methyl sites for hydroxylation is 1. The summed E-state index contributed by atoms with van der Waals surface area (Å²) >= 11 is 0. The van der Waals surface area contributed by atoms with E-state index in [1.807, 2.05) is 31.2 Å². The predicted molar refractivity (Wildman–Crippen MR) is 129 cm³/mol. The number of amides is 2. The summed E-state index contributed by atoms with van der Waals surface area (Å²) in [5, 5.41) is 2.95. The molecule has 0 unspecified atom stereocenters. The number of rotatable bonds is 8. The normalized spacial score (nSPS) is 11.0. The molecule has 0 bridgehead atoms. The van der Waals surface area contributed by atoms with Crippen molar-refractivity contribution in [3.8, 4) is 11.1 Å². The highest BCUT2D eigenvalue weighted by Gasteiger charge is 2.22. The Morgan fingerprint density at radius 3 is 2.21 bits per heavy atom. The molecule has 7 N–H and O–H groups in total. The second-order valence-electron chi connectivity index (χ2n) is 8.30. The molecule has 0 saturated carbocycles. The van der Waals surface area contributed by atoms with Gasteiger partial charge in [-0.2, -0.15) is 0 Å². The van der Waals surface area contributed by atoms with Crippen molar-refractivity contribution in [1.29, 1.82) is 0 Å². The number of nitrogens with two attached hydrogens (primary N) is 3. The third kappa shape index (κ3) is 5.42. The van der Waals surface area contributed by atoms with Crippen LogP contribution in [-0.4, -0.2) is 21.8 Å². The monoisotopic (exact) mass is 446 g/mol. The lowest BCUT2D eigenvalue weighted by atomic mass is 9.92. The topological polar surface area (TPSA) is 150 Å². The van der Waals surface area contributed by atoms with Crippen molar-refractivity contribution < 1.29 is 9.59 Å². The number of anilines is 1. The summed E-state index contributed by atoms with van der Waals surface area (Å²) in [6, 6.07) is 12.4. The molecule has 2 heterocycles. The van der Waals surface area contributed by atoms with Gasteiger partial charge in [-0.1, -0.05) is 44.2 Å². The number of hydrogen-bond acceptors (Lipinski definition) is 6. The summed E-state index contributed by atoms with van der Waals surface area (Å²) in [6.45, 7) is 6.80. The van der Waals surface area contributed by atoms with Crippen LogP contribution in [0.5, 0.6) is 0 Å². The van der Waals surface area contributed by atoms with E-state index < -0.39 is 11.8 Å². The Labute approximate surface area is 193 Å². The van der Waals surface area contributed by atoms with E-state index in [9.17, 15) is 9.59 Å². The van der Waals surface area contributed by atoms with E-state index in [1.165, 1.54) is 12.1 Å². The van der Waals surface area contributed by atoms with Gasteiger partial charge in [0.15, 0.2) is 0 Å². The Bertz CT molecular complexity index is 1170. The van der Waals surface area contributed by atoms with Crippen LogP contribution in [-0.2, 0) is 19.5 Å². The molecule has 33 heavy (non-hydrogen) atoms. The maximum Gasteiger partial charge on any atom is 0.274 e. The summed E-state index contributed by atoms with van der Waals surface area (Å²) < 4.78 is 0. The molecule has 0 aliphatic carbocycles. The number of hydrogen-bond donors (Lipinski definition) is 4.